The van der Waals surface area contributed by atoms with Gasteiger partial charge in [0, 0.05) is 0 Å². The molecule has 0 heterocycles. The Morgan fingerprint density at radius 3 is 1.44 bits per heavy atom. The summed E-state index contributed by atoms with van der Waals surface area (Å²) in [6.07, 6.45) is 0. The summed E-state index contributed by atoms with van der Waals surface area (Å²) in [5.74, 6) is 0.149. The van der Waals surface area contributed by atoms with Gasteiger partial charge in [0.1, 0.15) is 22.9 Å². The Kier molecular flexibility index (Phi) is 3.28. The first-order chi connectivity index (χ1) is 8.56. The number of rotatable bonds is 2. The van der Waals surface area contributed by atoms with Crippen molar-refractivity contribution >= 4 is 11.4 Å². The van der Waals surface area contributed by atoms with Gasteiger partial charge in [-0.1, -0.05) is 12.1 Å². The smallest absolute Gasteiger partial charge is 0.143 e. The minimum Gasteiger partial charge on any atom is -0.506 e. The zero-order chi connectivity index (χ0) is 13.1. The third kappa shape index (κ3) is 2.66. The van der Waals surface area contributed by atoms with Crippen LogP contribution in [0.5, 0.6) is 11.5 Å². The molecule has 0 fully saturated rings. The van der Waals surface area contributed by atoms with Gasteiger partial charge in [0.15, 0.2) is 0 Å². The molecule has 0 aliphatic rings. The van der Waals surface area contributed by atoms with E-state index in [4.69, 9.17) is 0 Å². The fourth-order valence-electron chi connectivity index (χ4n) is 1.54. The molecule has 4 nitrogen and oxygen atoms in total. The summed E-state index contributed by atoms with van der Waals surface area (Å²) in [5.41, 5.74) is 2.65. The van der Waals surface area contributed by atoms with Crippen LogP contribution < -0.4 is 0 Å². The van der Waals surface area contributed by atoms with E-state index >= 15 is 0 Å². The Morgan fingerprint density at radius 2 is 1.11 bits per heavy atom. The Morgan fingerprint density at radius 1 is 0.722 bits per heavy atom. The zero-order valence-corrected chi connectivity index (χ0v) is 10.3. The molecule has 0 saturated carbocycles. The lowest BCUT2D eigenvalue weighted by Gasteiger charge is -2.00. The number of phenols is 2. The highest BCUT2D eigenvalue weighted by molar-refractivity contribution is 5.55. The molecular formula is C14H14N2O2. The number of aromatic hydroxyl groups is 2. The maximum absolute atomic E-state index is 9.67. The van der Waals surface area contributed by atoms with E-state index < -0.39 is 0 Å². The summed E-state index contributed by atoms with van der Waals surface area (Å²) in [6.45, 7) is 3.76. The molecule has 2 aromatic carbocycles. The van der Waals surface area contributed by atoms with E-state index in [0.29, 0.717) is 11.4 Å². The average molecular weight is 242 g/mol. The number of hydrogen-bond donors (Lipinski definition) is 2. The predicted molar refractivity (Wildman–Crippen MR) is 69.9 cm³/mol. The van der Waals surface area contributed by atoms with Gasteiger partial charge in [-0.25, -0.2) is 0 Å². The highest BCUT2D eigenvalue weighted by Gasteiger charge is 2.02. The van der Waals surface area contributed by atoms with Crippen LogP contribution in [0.1, 0.15) is 11.1 Å². The summed E-state index contributed by atoms with van der Waals surface area (Å²) in [7, 11) is 0. The van der Waals surface area contributed by atoms with Crippen molar-refractivity contribution in [2.24, 2.45) is 10.2 Å². The van der Waals surface area contributed by atoms with Gasteiger partial charge in [-0.3, -0.25) is 0 Å². The van der Waals surface area contributed by atoms with E-state index in [1.165, 1.54) is 0 Å². The lowest BCUT2D eigenvalue weighted by Crippen LogP contribution is -1.73. The molecule has 18 heavy (non-hydrogen) atoms. The predicted octanol–water partition coefficient (Wildman–Crippen LogP) is 4.13. The maximum atomic E-state index is 9.67. The van der Waals surface area contributed by atoms with Gasteiger partial charge in [-0.05, 0) is 49.2 Å². The molecule has 0 radical (unpaired) electrons. The van der Waals surface area contributed by atoms with Crippen LogP contribution in [0.25, 0.3) is 0 Å². The summed E-state index contributed by atoms with van der Waals surface area (Å²) in [5, 5.41) is 27.2. The summed E-state index contributed by atoms with van der Waals surface area (Å²) in [6, 6.07) is 10.3. The zero-order valence-electron chi connectivity index (χ0n) is 10.3. The van der Waals surface area contributed by atoms with Crippen LogP contribution in [-0.2, 0) is 0 Å². The summed E-state index contributed by atoms with van der Waals surface area (Å²) < 4.78 is 0. The van der Waals surface area contributed by atoms with Crippen LogP contribution in [0.15, 0.2) is 46.6 Å². The molecule has 4 heteroatoms. The van der Waals surface area contributed by atoms with Crippen LogP contribution in [0.3, 0.4) is 0 Å². The molecule has 2 rings (SSSR count). The number of hydrogen-bond acceptors (Lipinski definition) is 4. The van der Waals surface area contributed by atoms with Crippen LogP contribution >= 0.6 is 0 Å². The van der Waals surface area contributed by atoms with E-state index in [9.17, 15) is 10.2 Å². The van der Waals surface area contributed by atoms with Crippen molar-refractivity contribution in [3.8, 4) is 11.5 Å². The number of azo groups is 1. The van der Waals surface area contributed by atoms with E-state index in [-0.39, 0.29) is 11.5 Å². The molecule has 0 aliphatic heterocycles. The number of phenolic OH excluding ortho intramolecular Hbond substituents is 2. The molecule has 0 spiro atoms. The first-order valence-electron chi connectivity index (χ1n) is 5.57. The monoisotopic (exact) mass is 242 g/mol. The van der Waals surface area contributed by atoms with Gasteiger partial charge < -0.3 is 10.2 Å². The molecule has 0 aromatic heterocycles. The fourth-order valence-corrected chi connectivity index (χ4v) is 1.54. The van der Waals surface area contributed by atoms with Gasteiger partial charge in [0.2, 0.25) is 0 Å². The average Bonchev–Trinajstić information content (AvgIpc) is 2.30. The van der Waals surface area contributed by atoms with E-state index in [1.54, 1.807) is 24.3 Å². The van der Waals surface area contributed by atoms with Crippen molar-refractivity contribution in [1.29, 1.82) is 0 Å². The minimum absolute atomic E-state index is 0.0744. The Balaban J connectivity index is 2.30. The van der Waals surface area contributed by atoms with Crippen LogP contribution in [0, 0.1) is 13.8 Å². The third-order valence-corrected chi connectivity index (χ3v) is 2.53. The lowest BCUT2D eigenvalue weighted by atomic mass is 10.2. The van der Waals surface area contributed by atoms with Crippen LogP contribution in [0.2, 0.25) is 0 Å². The van der Waals surface area contributed by atoms with Crippen molar-refractivity contribution < 1.29 is 10.2 Å². The van der Waals surface area contributed by atoms with Crippen molar-refractivity contribution in [1.82, 2.24) is 0 Å². The topological polar surface area (TPSA) is 65.2 Å². The van der Waals surface area contributed by atoms with E-state index in [2.05, 4.69) is 10.2 Å². The highest BCUT2D eigenvalue weighted by atomic mass is 16.3. The molecular weight excluding hydrogens is 228 g/mol. The molecule has 0 atom stereocenters. The first-order valence-corrected chi connectivity index (χ1v) is 5.57. The molecule has 92 valence electrons. The number of nitrogens with zero attached hydrogens (tertiary/aromatic N) is 2. The van der Waals surface area contributed by atoms with Gasteiger partial charge in [0.25, 0.3) is 0 Å². The van der Waals surface area contributed by atoms with E-state index in [1.807, 2.05) is 26.0 Å². The molecule has 0 unspecified atom stereocenters. The van der Waals surface area contributed by atoms with Gasteiger partial charge in [0.05, 0.1) is 0 Å². The van der Waals surface area contributed by atoms with Crippen LogP contribution in [-0.4, -0.2) is 10.2 Å². The largest absolute Gasteiger partial charge is 0.506 e. The molecule has 0 aliphatic carbocycles. The van der Waals surface area contributed by atoms with Crippen molar-refractivity contribution in [3.63, 3.8) is 0 Å². The lowest BCUT2D eigenvalue weighted by molar-refractivity contribution is 0.473. The Hall–Kier alpha value is -2.36. The third-order valence-electron chi connectivity index (χ3n) is 2.53. The van der Waals surface area contributed by atoms with Crippen molar-refractivity contribution in [2.45, 2.75) is 13.8 Å². The summed E-state index contributed by atoms with van der Waals surface area (Å²) in [4.78, 5) is 0. The fraction of sp³-hybridized carbons (Fsp3) is 0.143. The van der Waals surface area contributed by atoms with Crippen LogP contribution in [0.4, 0.5) is 11.4 Å². The number of benzene rings is 2. The SMILES string of the molecule is Cc1ccc(N=Nc2ccc(C)cc2O)c(O)c1. The molecule has 0 amide bonds. The Labute approximate surface area is 105 Å². The standard InChI is InChI=1S/C14H14N2O2/c1-9-3-5-11(13(17)7-9)15-16-12-6-4-10(2)8-14(12)18/h3-8,17-18H,1-2H3. The molecule has 2 aromatic rings. The van der Waals surface area contributed by atoms with E-state index in [0.717, 1.165) is 11.1 Å². The highest BCUT2D eigenvalue weighted by Crippen LogP contribution is 2.32. The molecule has 0 bridgehead atoms. The minimum atomic E-state index is 0.0744. The summed E-state index contributed by atoms with van der Waals surface area (Å²) >= 11 is 0. The quantitative estimate of drug-likeness (QED) is 0.777. The Bertz CT molecular complexity index is 553. The molecule has 0 saturated heterocycles. The van der Waals surface area contributed by atoms with Crippen molar-refractivity contribution in [2.75, 3.05) is 0 Å². The number of aryl methyl sites for hydroxylation is 2. The second-order valence-corrected chi connectivity index (χ2v) is 4.18. The molecule has 2 N–H and O–H groups in total. The normalized spacial score (nSPS) is 11.0. The van der Waals surface area contributed by atoms with Gasteiger partial charge >= 0.3 is 0 Å². The maximum Gasteiger partial charge on any atom is 0.143 e. The van der Waals surface area contributed by atoms with Gasteiger partial charge in [-0.2, -0.15) is 0 Å². The first kappa shape index (κ1) is 12.1. The van der Waals surface area contributed by atoms with Crippen molar-refractivity contribution in [3.05, 3.63) is 47.5 Å². The second-order valence-electron chi connectivity index (χ2n) is 4.18. The second kappa shape index (κ2) is 4.87. The van der Waals surface area contributed by atoms with Gasteiger partial charge in [-0.15, -0.1) is 10.2 Å².